The highest BCUT2D eigenvalue weighted by atomic mass is 32.2. The first-order chi connectivity index (χ1) is 20.4. The normalized spacial score (nSPS) is 15.5. The zero-order valence-electron chi connectivity index (χ0n) is 22.4. The van der Waals surface area contributed by atoms with Crippen molar-refractivity contribution in [3.8, 4) is 17.2 Å². The maximum Gasteiger partial charge on any atom is 0.407 e. The fourth-order valence-corrected chi connectivity index (χ4v) is 6.58. The molecule has 6 rings (SSSR count). The van der Waals surface area contributed by atoms with Gasteiger partial charge in [0.1, 0.15) is 12.6 Å². The van der Waals surface area contributed by atoms with Gasteiger partial charge >= 0.3 is 6.09 Å². The lowest BCUT2D eigenvalue weighted by Gasteiger charge is -2.26. The molecule has 0 saturated heterocycles. The van der Waals surface area contributed by atoms with Crippen molar-refractivity contribution in [1.29, 1.82) is 5.26 Å². The van der Waals surface area contributed by atoms with Gasteiger partial charge in [-0.15, -0.1) is 11.8 Å². The molecule has 0 spiro atoms. The number of ether oxygens (including phenoxy) is 1. The quantitative estimate of drug-likeness (QED) is 0.326. The molecule has 0 fully saturated rings. The van der Waals surface area contributed by atoms with Gasteiger partial charge < -0.3 is 20.7 Å². The third-order valence-corrected chi connectivity index (χ3v) is 8.69. The molecular formula is C33H26N4O4S. The van der Waals surface area contributed by atoms with Crippen LogP contribution in [0.25, 0.3) is 11.1 Å². The molecule has 1 aliphatic heterocycles. The van der Waals surface area contributed by atoms with E-state index < -0.39 is 18.0 Å². The van der Waals surface area contributed by atoms with Gasteiger partial charge in [-0.1, -0.05) is 60.7 Å². The molecule has 0 radical (unpaired) electrons. The van der Waals surface area contributed by atoms with Gasteiger partial charge in [0.2, 0.25) is 5.91 Å². The van der Waals surface area contributed by atoms with Gasteiger partial charge in [0.25, 0.3) is 5.91 Å². The second-order valence-electron chi connectivity index (χ2n) is 10.1. The molecule has 42 heavy (non-hydrogen) atoms. The molecule has 8 nitrogen and oxygen atoms in total. The van der Waals surface area contributed by atoms with E-state index in [1.54, 1.807) is 36.4 Å². The number of benzene rings is 4. The SMILES string of the molecule is N#Cc1cccc(CN2C(=O)[C@@H](NC(=O)OCC3c4ccccc4-c4ccccc43)CSc3ccc(C(N)=O)cc32)c1. The van der Waals surface area contributed by atoms with Crippen molar-refractivity contribution < 1.29 is 19.1 Å². The third-order valence-electron chi connectivity index (χ3n) is 7.54. The van der Waals surface area contributed by atoms with Crippen LogP contribution < -0.4 is 16.0 Å². The molecular weight excluding hydrogens is 548 g/mol. The van der Waals surface area contributed by atoms with Gasteiger partial charge in [-0.2, -0.15) is 5.26 Å². The van der Waals surface area contributed by atoms with Crippen molar-refractivity contribution in [2.24, 2.45) is 5.73 Å². The molecule has 0 unspecified atom stereocenters. The first-order valence-corrected chi connectivity index (χ1v) is 14.4. The molecule has 0 aromatic heterocycles. The number of nitrogens with two attached hydrogens (primary N) is 1. The number of alkyl carbamates (subject to hydrolysis) is 1. The van der Waals surface area contributed by atoms with E-state index >= 15 is 0 Å². The van der Waals surface area contributed by atoms with Crippen molar-refractivity contribution in [3.05, 3.63) is 119 Å². The van der Waals surface area contributed by atoms with Crippen molar-refractivity contribution in [2.75, 3.05) is 17.3 Å². The van der Waals surface area contributed by atoms with E-state index in [1.807, 2.05) is 42.5 Å². The molecule has 1 aliphatic carbocycles. The van der Waals surface area contributed by atoms with E-state index in [9.17, 15) is 19.6 Å². The largest absolute Gasteiger partial charge is 0.449 e. The Labute approximate surface area is 247 Å². The van der Waals surface area contributed by atoms with Crippen LogP contribution in [0.2, 0.25) is 0 Å². The topological polar surface area (TPSA) is 126 Å². The predicted molar refractivity (Wildman–Crippen MR) is 160 cm³/mol. The first-order valence-electron chi connectivity index (χ1n) is 13.4. The van der Waals surface area contributed by atoms with Crippen LogP contribution in [0.1, 0.15) is 38.5 Å². The number of nitrogens with one attached hydrogen (secondary N) is 1. The summed E-state index contributed by atoms with van der Waals surface area (Å²) in [5.74, 6) is -0.818. The number of fused-ring (bicyclic) bond motifs is 4. The number of anilines is 1. The number of hydrogen-bond donors (Lipinski definition) is 2. The van der Waals surface area contributed by atoms with Crippen molar-refractivity contribution in [1.82, 2.24) is 5.32 Å². The van der Waals surface area contributed by atoms with Gasteiger partial charge in [-0.25, -0.2) is 4.79 Å². The number of rotatable bonds is 6. The standard InChI is InChI=1S/C33H26N4O4S/c34-16-20-6-5-7-21(14-20)17-37-29-15-22(31(35)38)12-13-30(29)42-19-28(32(37)39)36-33(40)41-18-27-25-10-3-1-8-23(25)24-9-2-4-11-26(24)27/h1-15,27-28H,17-19H2,(H2,35,38)(H,36,40)/t28-/m0/s1. The van der Waals surface area contributed by atoms with E-state index in [1.165, 1.54) is 16.7 Å². The van der Waals surface area contributed by atoms with Crippen LogP contribution in [0.5, 0.6) is 0 Å². The van der Waals surface area contributed by atoms with Crippen LogP contribution >= 0.6 is 11.8 Å². The highest BCUT2D eigenvalue weighted by Gasteiger charge is 2.34. The molecule has 3 amide bonds. The summed E-state index contributed by atoms with van der Waals surface area (Å²) in [5, 5.41) is 12.1. The van der Waals surface area contributed by atoms with Crippen LogP contribution in [0.3, 0.4) is 0 Å². The molecule has 0 saturated carbocycles. The summed E-state index contributed by atoms with van der Waals surface area (Å²) in [5.41, 5.74) is 11.9. The van der Waals surface area contributed by atoms with E-state index in [0.29, 0.717) is 11.3 Å². The van der Waals surface area contributed by atoms with Gasteiger partial charge in [0.15, 0.2) is 0 Å². The van der Waals surface area contributed by atoms with Crippen LogP contribution in [-0.4, -0.2) is 36.3 Å². The van der Waals surface area contributed by atoms with Crippen LogP contribution in [0.15, 0.2) is 95.9 Å². The second kappa shape index (κ2) is 11.4. The Morgan fingerprint density at radius 2 is 1.69 bits per heavy atom. The number of nitriles is 1. The number of primary amides is 1. The number of thioether (sulfide) groups is 1. The second-order valence-corrected chi connectivity index (χ2v) is 11.2. The Morgan fingerprint density at radius 3 is 2.38 bits per heavy atom. The summed E-state index contributed by atoms with van der Waals surface area (Å²) in [6, 6.07) is 29.3. The minimum absolute atomic E-state index is 0.109. The summed E-state index contributed by atoms with van der Waals surface area (Å²) in [6.45, 7) is 0.258. The molecule has 1 heterocycles. The molecule has 2 aliphatic rings. The van der Waals surface area contributed by atoms with Crippen LogP contribution in [0.4, 0.5) is 10.5 Å². The summed E-state index contributed by atoms with van der Waals surface area (Å²) in [7, 11) is 0. The zero-order valence-corrected chi connectivity index (χ0v) is 23.3. The highest BCUT2D eigenvalue weighted by molar-refractivity contribution is 7.99. The monoisotopic (exact) mass is 574 g/mol. The van der Waals surface area contributed by atoms with Gasteiger partial charge in [0, 0.05) is 22.1 Å². The van der Waals surface area contributed by atoms with Gasteiger partial charge in [-0.3, -0.25) is 9.59 Å². The lowest BCUT2D eigenvalue weighted by molar-refractivity contribution is -0.120. The Balaban J connectivity index is 1.22. The van der Waals surface area contributed by atoms with Crippen molar-refractivity contribution in [3.63, 3.8) is 0 Å². The van der Waals surface area contributed by atoms with E-state index in [2.05, 4.69) is 23.5 Å². The first kappa shape index (κ1) is 27.1. The number of amides is 3. The number of carbonyl (C=O) groups excluding carboxylic acids is 3. The van der Waals surface area contributed by atoms with E-state index in [4.69, 9.17) is 10.5 Å². The predicted octanol–water partition coefficient (Wildman–Crippen LogP) is 5.20. The molecule has 0 bridgehead atoms. The third kappa shape index (κ3) is 5.20. The summed E-state index contributed by atoms with van der Waals surface area (Å²) in [4.78, 5) is 41.3. The van der Waals surface area contributed by atoms with Gasteiger partial charge in [0.05, 0.1) is 23.9 Å². The van der Waals surface area contributed by atoms with Crippen LogP contribution in [0, 0.1) is 11.3 Å². The summed E-state index contributed by atoms with van der Waals surface area (Å²) in [6.07, 6.45) is -0.689. The Kier molecular flexibility index (Phi) is 7.38. The summed E-state index contributed by atoms with van der Waals surface area (Å²) >= 11 is 1.39. The van der Waals surface area contributed by atoms with E-state index in [-0.39, 0.29) is 36.3 Å². The number of nitrogens with zero attached hydrogens (tertiary/aromatic N) is 2. The molecule has 9 heteroatoms. The minimum Gasteiger partial charge on any atom is -0.449 e. The van der Waals surface area contributed by atoms with E-state index in [0.717, 1.165) is 32.7 Å². The highest BCUT2D eigenvalue weighted by Crippen LogP contribution is 2.44. The molecule has 4 aromatic carbocycles. The summed E-state index contributed by atoms with van der Waals surface area (Å²) < 4.78 is 5.72. The molecule has 208 valence electrons. The fourth-order valence-electron chi connectivity index (χ4n) is 5.53. The van der Waals surface area contributed by atoms with Crippen molar-refractivity contribution in [2.45, 2.75) is 23.4 Å². The van der Waals surface area contributed by atoms with Gasteiger partial charge in [-0.05, 0) is 58.1 Å². The average molecular weight is 575 g/mol. The maximum absolute atomic E-state index is 13.9. The Bertz CT molecular complexity index is 1720. The lowest BCUT2D eigenvalue weighted by atomic mass is 9.98. The fraction of sp³-hybridized carbons (Fsp3) is 0.152. The Hall–Kier alpha value is -5.07. The zero-order chi connectivity index (χ0) is 29.2. The maximum atomic E-state index is 13.9. The van der Waals surface area contributed by atoms with Crippen molar-refractivity contribution >= 4 is 35.4 Å². The number of carbonyl (C=O) groups is 3. The molecule has 3 N–H and O–H groups in total. The minimum atomic E-state index is -0.894. The van der Waals surface area contributed by atoms with Crippen LogP contribution in [-0.2, 0) is 16.1 Å². The lowest BCUT2D eigenvalue weighted by Crippen LogP contribution is -2.49. The smallest absolute Gasteiger partial charge is 0.407 e. The number of hydrogen-bond acceptors (Lipinski definition) is 6. The Morgan fingerprint density at radius 1 is 0.976 bits per heavy atom. The average Bonchev–Trinajstić information content (AvgIpc) is 3.27. The molecule has 4 aromatic rings. The molecule has 1 atom stereocenters.